The van der Waals surface area contributed by atoms with Crippen LogP contribution in [0, 0.1) is 0 Å². The molecule has 0 bridgehead atoms. The minimum atomic E-state index is 0.0475. The third kappa shape index (κ3) is 4.17. The van der Waals surface area contributed by atoms with E-state index in [1.165, 1.54) is 4.88 Å². The van der Waals surface area contributed by atoms with Gasteiger partial charge in [0, 0.05) is 29.6 Å². The van der Waals surface area contributed by atoms with Crippen molar-refractivity contribution in [2.75, 3.05) is 13.1 Å². The van der Waals surface area contributed by atoms with Gasteiger partial charge in [0.25, 0.3) is 0 Å². The molecule has 0 unspecified atom stereocenters. The molecule has 3 aromatic rings. The molecule has 25 heavy (non-hydrogen) atoms. The van der Waals surface area contributed by atoms with Crippen LogP contribution in [0.4, 0.5) is 0 Å². The van der Waals surface area contributed by atoms with Gasteiger partial charge in [0.05, 0.1) is 0 Å². The largest absolute Gasteiger partial charge is 0.357 e. The van der Waals surface area contributed by atoms with Gasteiger partial charge in [-0.3, -0.25) is 4.40 Å². The monoisotopic (exact) mass is 356 g/mol. The summed E-state index contributed by atoms with van der Waals surface area (Å²) in [4.78, 5) is 6.03. The summed E-state index contributed by atoms with van der Waals surface area (Å²) in [7, 11) is 0. The summed E-state index contributed by atoms with van der Waals surface area (Å²) in [6.07, 6.45) is 1.96. The number of nitrogens with zero attached hydrogens (tertiary/aromatic N) is 4. The molecule has 0 aliphatic carbocycles. The summed E-state index contributed by atoms with van der Waals surface area (Å²) in [6, 6.07) is 10.1. The minimum Gasteiger partial charge on any atom is -0.357 e. The van der Waals surface area contributed by atoms with Gasteiger partial charge in [-0.1, -0.05) is 26.0 Å². The van der Waals surface area contributed by atoms with Crippen LogP contribution in [0.2, 0.25) is 0 Å². The molecular formula is C18H24N6S. The molecule has 0 fully saturated rings. The molecule has 0 radical (unpaired) electrons. The van der Waals surface area contributed by atoms with Gasteiger partial charge in [0.2, 0.25) is 0 Å². The van der Waals surface area contributed by atoms with Crippen molar-refractivity contribution in [3.8, 4) is 0 Å². The van der Waals surface area contributed by atoms with Crippen LogP contribution in [-0.4, -0.2) is 33.6 Å². The van der Waals surface area contributed by atoms with Crippen LogP contribution >= 0.6 is 11.3 Å². The van der Waals surface area contributed by atoms with E-state index >= 15 is 0 Å². The van der Waals surface area contributed by atoms with Gasteiger partial charge in [-0.15, -0.1) is 21.5 Å². The second-order valence-corrected chi connectivity index (χ2v) is 7.40. The Morgan fingerprint density at radius 3 is 2.84 bits per heavy atom. The maximum absolute atomic E-state index is 4.66. The highest BCUT2D eigenvalue weighted by Crippen LogP contribution is 2.26. The van der Waals surface area contributed by atoms with Crippen molar-refractivity contribution in [3.63, 3.8) is 0 Å². The van der Waals surface area contributed by atoms with Crippen molar-refractivity contribution in [2.45, 2.75) is 32.7 Å². The highest BCUT2D eigenvalue weighted by molar-refractivity contribution is 7.10. The Kier molecular flexibility index (Phi) is 5.33. The van der Waals surface area contributed by atoms with Crippen LogP contribution in [-0.2, 0) is 12.0 Å². The van der Waals surface area contributed by atoms with Gasteiger partial charge in [-0.05, 0) is 30.5 Å². The summed E-state index contributed by atoms with van der Waals surface area (Å²) >= 11 is 1.79. The lowest BCUT2D eigenvalue weighted by Crippen LogP contribution is -2.43. The second kappa shape index (κ2) is 7.65. The Labute approximate surface area is 152 Å². The predicted octanol–water partition coefficient (Wildman–Crippen LogP) is 2.82. The van der Waals surface area contributed by atoms with E-state index in [1.54, 1.807) is 11.3 Å². The van der Waals surface area contributed by atoms with Gasteiger partial charge >= 0.3 is 0 Å². The normalized spacial score (nSPS) is 12.5. The quantitative estimate of drug-likeness (QED) is 0.526. The summed E-state index contributed by atoms with van der Waals surface area (Å²) in [5.41, 5.74) is 0.885. The molecule has 0 saturated heterocycles. The molecule has 3 rings (SSSR count). The fourth-order valence-corrected chi connectivity index (χ4v) is 3.40. The first-order valence-corrected chi connectivity index (χ1v) is 9.33. The van der Waals surface area contributed by atoms with Crippen molar-refractivity contribution >= 4 is 22.9 Å². The molecule has 7 heteroatoms. The van der Waals surface area contributed by atoms with Gasteiger partial charge in [0.1, 0.15) is 6.54 Å². The van der Waals surface area contributed by atoms with Gasteiger partial charge in [-0.2, -0.15) is 0 Å². The van der Waals surface area contributed by atoms with Crippen molar-refractivity contribution in [1.29, 1.82) is 0 Å². The van der Waals surface area contributed by atoms with E-state index in [0.717, 1.165) is 30.5 Å². The molecule has 6 nitrogen and oxygen atoms in total. The summed E-state index contributed by atoms with van der Waals surface area (Å²) in [5, 5.41) is 17.3. The highest BCUT2D eigenvalue weighted by atomic mass is 32.1. The molecule has 0 aromatic carbocycles. The lowest BCUT2D eigenvalue weighted by molar-refractivity contribution is 0.518. The third-order valence-electron chi connectivity index (χ3n) is 3.99. The number of thiophene rings is 1. The first-order chi connectivity index (χ1) is 12.1. The van der Waals surface area contributed by atoms with Crippen LogP contribution in [0.3, 0.4) is 0 Å². The SMILES string of the molecule is CCNC(=NCc1nnc2ccccn12)NCC(C)(C)c1cccs1. The molecule has 3 aromatic heterocycles. The minimum absolute atomic E-state index is 0.0475. The lowest BCUT2D eigenvalue weighted by atomic mass is 9.91. The van der Waals surface area contributed by atoms with Gasteiger partial charge in [-0.25, -0.2) is 4.99 Å². The molecule has 132 valence electrons. The highest BCUT2D eigenvalue weighted by Gasteiger charge is 2.21. The lowest BCUT2D eigenvalue weighted by Gasteiger charge is -2.25. The number of fused-ring (bicyclic) bond motifs is 1. The second-order valence-electron chi connectivity index (χ2n) is 6.45. The number of aliphatic imine (C=N–C) groups is 1. The fraction of sp³-hybridized carbons (Fsp3) is 0.389. The first-order valence-electron chi connectivity index (χ1n) is 8.45. The Bertz CT molecular complexity index is 834. The average molecular weight is 356 g/mol. The third-order valence-corrected chi connectivity index (χ3v) is 5.23. The number of guanidine groups is 1. The predicted molar refractivity (Wildman–Crippen MR) is 103 cm³/mol. The number of aromatic nitrogens is 3. The molecule has 0 amide bonds. The molecule has 0 aliphatic heterocycles. The summed E-state index contributed by atoms with van der Waals surface area (Å²) < 4.78 is 1.96. The van der Waals surface area contributed by atoms with Gasteiger partial charge in [0.15, 0.2) is 17.4 Å². The van der Waals surface area contributed by atoms with E-state index < -0.39 is 0 Å². The van der Waals surface area contributed by atoms with E-state index in [-0.39, 0.29) is 5.41 Å². The molecule has 0 spiro atoms. The van der Waals surface area contributed by atoms with E-state index in [0.29, 0.717) is 6.54 Å². The maximum atomic E-state index is 4.66. The number of pyridine rings is 1. The summed E-state index contributed by atoms with van der Waals surface area (Å²) in [6.45, 7) is 8.63. The van der Waals surface area contributed by atoms with E-state index in [9.17, 15) is 0 Å². The van der Waals surface area contributed by atoms with Crippen LogP contribution in [0.1, 0.15) is 31.5 Å². The first kappa shape index (κ1) is 17.4. The summed E-state index contributed by atoms with van der Waals surface area (Å²) in [5.74, 6) is 1.62. The molecule has 0 atom stereocenters. The zero-order valence-electron chi connectivity index (χ0n) is 14.9. The fourth-order valence-electron chi connectivity index (χ4n) is 2.55. The Hall–Kier alpha value is -2.41. The molecule has 3 heterocycles. The van der Waals surface area contributed by atoms with E-state index in [4.69, 9.17) is 0 Å². The number of nitrogens with one attached hydrogen (secondary N) is 2. The maximum Gasteiger partial charge on any atom is 0.191 e. The number of hydrogen-bond donors (Lipinski definition) is 2. The van der Waals surface area contributed by atoms with Crippen LogP contribution < -0.4 is 10.6 Å². The van der Waals surface area contributed by atoms with Crippen LogP contribution in [0.25, 0.3) is 5.65 Å². The Balaban J connectivity index is 1.69. The zero-order valence-corrected chi connectivity index (χ0v) is 15.7. The van der Waals surface area contributed by atoms with Crippen molar-refractivity contribution < 1.29 is 0 Å². The number of hydrogen-bond acceptors (Lipinski definition) is 4. The molecule has 0 aliphatic rings. The van der Waals surface area contributed by atoms with E-state index in [2.05, 4.69) is 64.1 Å². The van der Waals surface area contributed by atoms with Gasteiger partial charge < -0.3 is 10.6 Å². The molecule has 2 N–H and O–H groups in total. The van der Waals surface area contributed by atoms with Crippen LogP contribution in [0.15, 0.2) is 46.9 Å². The Morgan fingerprint density at radius 2 is 2.08 bits per heavy atom. The van der Waals surface area contributed by atoms with Crippen molar-refractivity contribution in [1.82, 2.24) is 25.2 Å². The Morgan fingerprint density at radius 1 is 1.20 bits per heavy atom. The van der Waals surface area contributed by atoms with Crippen LogP contribution in [0.5, 0.6) is 0 Å². The smallest absolute Gasteiger partial charge is 0.191 e. The van der Waals surface area contributed by atoms with Crippen molar-refractivity contribution in [3.05, 3.63) is 52.6 Å². The zero-order chi connectivity index (χ0) is 17.7. The van der Waals surface area contributed by atoms with E-state index in [1.807, 2.05) is 28.8 Å². The molecular weight excluding hydrogens is 332 g/mol. The molecule has 0 saturated carbocycles. The standard InChI is InChI=1S/C18H24N6S/c1-4-19-17(21-13-18(2,3)14-8-7-11-25-14)20-12-16-23-22-15-9-5-6-10-24(15)16/h5-11H,4,12-13H2,1-3H3,(H2,19,20,21). The average Bonchev–Trinajstić information content (AvgIpc) is 3.28. The number of rotatable bonds is 6. The topological polar surface area (TPSA) is 66.6 Å². The van der Waals surface area contributed by atoms with Crippen molar-refractivity contribution in [2.24, 2.45) is 4.99 Å².